The zero-order valence-corrected chi connectivity index (χ0v) is 17.2. The maximum absolute atomic E-state index is 12.7. The molecule has 0 heterocycles. The lowest BCUT2D eigenvalue weighted by atomic mass is 10.0. The van der Waals surface area contributed by atoms with Crippen LogP contribution in [0.2, 0.25) is 0 Å². The molecule has 146 valence electrons. The van der Waals surface area contributed by atoms with Gasteiger partial charge in [0.1, 0.15) is 11.5 Å². The third-order valence-corrected chi connectivity index (χ3v) is 4.76. The maximum Gasteiger partial charge on any atom is 0.261 e. The van der Waals surface area contributed by atoms with Gasteiger partial charge in [-0.05, 0) is 55.0 Å². The van der Waals surface area contributed by atoms with Crippen LogP contribution in [0.25, 0.3) is 0 Å². The Bertz CT molecular complexity index is 770. The molecule has 4 heteroatoms. The van der Waals surface area contributed by atoms with Crippen LogP contribution in [0.5, 0.6) is 11.5 Å². The van der Waals surface area contributed by atoms with Crippen molar-refractivity contribution in [3.05, 3.63) is 59.2 Å². The second-order valence-electron chi connectivity index (χ2n) is 7.15. The Labute approximate surface area is 162 Å². The smallest absolute Gasteiger partial charge is 0.261 e. The molecule has 4 nitrogen and oxygen atoms in total. The normalized spacial score (nSPS) is 13.1. The summed E-state index contributed by atoms with van der Waals surface area (Å²) < 4.78 is 11.3. The van der Waals surface area contributed by atoms with E-state index in [4.69, 9.17) is 9.47 Å². The summed E-state index contributed by atoms with van der Waals surface area (Å²) in [5.74, 6) is 1.83. The Morgan fingerprint density at radius 2 is 1.78 bits per heavy atom. The number of amides is 1. The fraction of sp³-hybridized carbons (Fsp3) is 0.435. The monoisotopic (exact) mass is 369 g/mol. The Morgan fingerprint density at radius 1 is 1.07 bits per heavy atom. The number of benzene rings is 2. The molecule has 2 aromatic rings. The Kier molecular flexibility index (Phi) is 7.28. The molecule has 0 aliphatic heterocycles. The van der Waals surface area contributed by atoms with Gasteiger partial charge < -0.3 is 14.8 Å². The van der Waals surface area contributed by atoms with Crippen molar-refractivity contribution in [1.82, 2.24) is 5.32 Å². The van der Waals surface area contributed by atoms with Crippen molar-refractivity contribution < 1.29 is 14.3 Å². The molecule has 0 spiro atoms. The van der Waals surface area contributed by atoms with E-state index in [1.807, 2.05) is 43.3 Å². The van der Waals surface area contributed by atoms with Gasteiger partial charge in [0.2, 0.25) is 0 Å². The zero-order chi connectivity index (χ0) is 20.0. The molecule has 0 aliphatic rings. The zero-order valence-electron chi connectivity index (χ0n) is 17.2. The highest BCUT2D eigenvalue weighted by molar-refractivity contribution is 5.81. The van der Waals surface area contributed by atoms with Gasteiger partial charge in [-0.15, -0.1) is 0 Å². The summed E-state index contributed by atoms with van der Waals surface area (Å²) in [6, 6.07) is 13.8. The molecule has 0 aromatic heterocycles. The average Bonchev–Trinajstić information content (AvgIpc) is 2.66. The number of rotatable bonds is 8. The van der Waals surface area contributed by atoms with Crippen molar-refractivity contribution in [3.8, 4) is 11.5 Å². The molecule has 1 N–H and O–H groups in total. The first-order valence-electron chi connectivity index (χ1n) is 9.57. The van der Waals surface area contributed by atoms with Crippen LogP contribution in [0, 0.1) is 6.92 Å². The fourth-order valence-corrected chi connectivity index (χ4v) is 3.14. The highest BCUT2D eigenvalue weighted by Gasteiger charge is 2.21. The van der Waals surface area contributed by atoms with Crippen LogP contribution in [-0.4, -0.2) is 19.1 Å². The summed E-state index contributed by atoms with van der Waals surface area (Å²) >= 11 is 0. The van der Waals surface area contributed by atoms with E-state index in [1.165, 1.54) is 0 Å². The van der Waals surface area contributed by atoms with Crippen LogP contribution in [0.4, 0.5) is 0 Å². The average molecular weight is 370 g/mol. The Morgan fingerprint density at radius 3 is 2.37 bits per heavy atom. The molecular weight excluding hydrogens is 338 g/mol. The second-order valence-corrected chi connectivity index (χ2v) is 7.15. The topological polar surface area (TPSA) is 47.6 Å². The number of methoxy groups -OCH3 is 1. The maximum atomic E-state index is 12.7. The van der Waals surface area contributed by atoms with Gasteiger partial charge in [0.25, 0.3) is 5.91 Å². The lowest BCUT2D eigenvalue weighted by molar-refractivity contribution is -0.128. The first kappa shape index (κ1) is 20.8. The van der Waals surface area contributed by atoms with Crippen LogP contribution in [-0.2, 0) is 4.79 Å². The van der Waals surface area contributed by atoms with Crippen molar-refractivity contribution >= 4 is 5.91 Å². The predicted molar refractivity (Wildman–Crippen MR) is 110 cm³/mol. The van der Waals surface area contributed by atoms with Gasteiger partial charge in [0.05, 0.1) is 13.2 Å². The number of para-hydroxylation sites is 1. The first-order valence-corrected chi connectivity index (χ1v) is 9.57. The predicted octanol–water partition coefficient (Wildman–Crippen LogP) is 5.16. The summed E-state index contributed by atoms with van der Waals surface area (Å²) in [7, 11) is 1.66. The Balaban J connectivity index is 2.09. The molecule has 0 unspecified atom stereocenters. The number of hydrogen-bond acceptors (Lipinski definition) is 3. The number of carbonyl (C=O) groups is 1. The highest BCUT2D eigenvalue weighted by Crippen LogP contribution is 2.27. The van der Waals surface area contributed by atoms with Crippen molar-refractivity contribution in [1.29, 1.82) is 0 Å². The van der Waals surface area contributed by atoms with Gasteiger partial charge in [-0.3, -0.25) is 4.79 Å². The summed E-state index contributed by atoms with van der Waals surface area (Å²) in [5.41, 5.74) is 3.23. The van der Waals surface area contributed by atoms with Crippen molar-refractivity contribution in [2.75, 3.05) is 7.11 Å². The molecule has 1 amide bonds. The lowest BCUT2D eigenvalue weighted by Gasteiger charge is -2.23. The quantitative estimate of drug-likeness (QED) is 0.699. The van der Waals surface area contributed by atoms with E-state index in [9.17, 15) is 4.79 Å². The van der Waals surface area contributed by atoms with Gasteiger partial charge in [0, 0.05) is 0 Å². The first-order chi connectivity index (χ1) is 12.9. The van der Waals surface area contributed by atoms with Crippen molar-refractivity contribution in [2.45, 2.75) is 59.1 Å². The number of nitrogens with one attached hydrogen (secondary N) is 1. The summed E-state index contributed by atoms with van der Waals surface area (Å²) in [6.07, 6.45) is 0.227. The largest absolute Gasteiger partial charge is 0.496 e. The molecule has 0 aliphatic carbocycles. The molecule has 2 rings (SSSR count). The van der Waals surface area contributed by atoms with Crippen LogP contribution >= 0.6 is 0 Å². The number of ether oxygens (including phenoxy) is 2. The molecular formula is C23H31NO3. The van der Waals surface area contributed by atoms with E-state index in [-0.39, 0.29) is 11.9 Å². The molecule has 27 heavy (non-hydrogen) atoms. The minimum atomic E-state index is -0.571. The standard InChI is InChI=1S/C23H31NO3/c1-7-20(18-12-13-21(26-6)16(4)14-18)24-23(25)17(5)27-22-11-9-8-10-19(22)15(2)3/h8-15,17,20H,7H2,1-6H3,(H,24,25)/t17-,20+/m0/s1. The van der Waals surface area contributed by atoms with Gasteiger partial charge >= 0.3 is 0 Å². The molecule has 0 fully saturated rings. The molecule has 0 radical (unpaired) electrons. The van der Waals surface area contributed by atoms with Crippen LogP contribution in [0.3, 0.4) is 0 Å². The van der Waals surface area contributed by atoms with Crippen molar-refractivity contribution in [3.63, 3.8) is 0 Å². The van der Waals surface area contributed by atoms with Gasteiger partial charge in [-0.25, -0.2) is 0 Å². The van der Waals surface area contributed by atoms with Crippen LogP contribution in [0.15, 0.2) is 42.5 Å². The Hall–Kier alpha value is -2.49. The fourth-order valence-electron chi connectivity index (χ4n) is 3.14. The second kappa shape index (κ2) is 9.45. The minimum absolute atomic E-state index is 0.0616. The summed E-state index contributed by atoms with van der Waals surface area (Å²) in [6.45, 7) is 10.1. The summed E-state index contributed by atoms with van der Waals surface area (Å²) in [4.78, 5) is 12.7. The van der Waals surface area contributed by atoms with Crippen LogP contribution in [0.1, 0.15) is 62.8 Å². The number of aryl methyl sites for hydroxylation is 1. The van der Waals surface area contributed by atoms with Gasteiger partial charge in [-0.1, -0.05) is 51.1 Å². The SMILES string of the molecule is CC[C@@H](NC(=O)[C@H](C)Oc1ccccc1C(C)C)c1ccc(OC)c(C)c1. The summed E-state index contributed by atoms with van der Waals surface area (Å²) in [5, 5.41) is 3.11. The van der Waals surface area contributed by atoms with Gasteiger partial charge in [0.15, 0.2) is 6.10 Å². The third-order valence-electron chi connectivity index (χ3n) is 4.76. The van der Waals surface area contributed by atoms with Crippen LogP contribution < -0.4 is 14.8 Å². The van der Waals surface area contributed by atoms with E-state index in [1.54, 1.807) is 14.0 Å². The molecule has 0 bridgehead atoms. The van der Waals surface area contributed by atoms with Crippen molar-refractivity contribution in [2.24, 2.45) is 0 Å². The minimum Gasteiger partial charge on any atom is -0.496 e. The van der Waals surface area contributed by atoms with E-state index >= 15 is 0 Å². The highest BCUT2D eigenvalue weighted by atomic mass is 16.5. The third kappa shape index (κ3) is 5.25. The molecule has 0 saturated heterocycles. The van der Waals surface area contributed by atoms with E-state index in [0.29, 0.717) is 5.92 Å². The van der Waals surface area contributed by atoms with Gasteiger partial charge in [-0.2, -0.15) is 0 Å². The molecule has 2 atom stereocenters. The number of carbonyl (C=O) groups excluding carboxylic acids is 1. The molecule has 2 aromatic carbocycles. The van der Waals surface area contributed by atoms with E-state index < -0.39 is 6.10 Å². The van der Waals surface area contributed by atoms with E-state index in [2.05, 4.69) is 32.2 Å². The lowest BCUT2D eigenvalue weighted by Crippen LogP contribution is -2.38. The van der Waals surface area contributed by atoms with E-state index in [0.717, 1.165) is 34.6 Å². The number of hydrogen-bond donors (Lipinski definition) is 1. The molecule has 0 saturated carbocycles.